The molecule has 0 spiro atoms. The number of benzene rings is 3. The molecule has 0 aliphatic heterocycles. The fraction of sp³-hybridized carbons (Fsp3) is 0.286. The molecule has 8 heteroatoms. The molecule has 0 aromatic heterocycles. The van der Waals surface area contributed by atoms with Crippen LogP contribution in [0.5, 0.6) is 5.75 Å². The molecule has 0 bridgehead atoms. The average Bonchev–Trinajstić information content (AvgIpc) is 2.88. The van der Waals surface area contributed by atoms with Gasteiger partial charge in [0.2, 0.25) is 5.91 Å². The minimum absolute atomic E-state index is 0.0619. The molecule has 5 nitrogen and oxygen atoms in total. The van der Waals surface area contributed by atoms with Crippen molar-refractivity contribution in [3.05, 3.63) is 99.8 Å². The Hall–Kier alpha value is -3.09. The maximum absolute atomic E-state index is 13.5. The molecule has 3 rings (SSSR count). The van der Waals surface area contributed by atoms with Gasteiger partial charge in [0.1, 0.15) is 17.6 Å². The highest BCUT2D eigenvalue weighted by Gasteiger charge is 2.31. The first-order chi connectivity index (χ1) is 17.3. The van der Waals surface area contributed by atoms with Gasteiger partial charge in [-0.15, -0.1) is 0 Å². The number of ether oxygens (including phenoxy) is 1. The molecule has 0 fully saturated rings. The van der Waals surface area contributed by atoms with E-state index in [1.807, 2.05) is 44.2 Å². The van der Waals surface area contributed by atoms with Crippen LogP contribution in [0.15, 0.2) is 72.8 Å². The van der Waals surface area contributed by atoms with Gasteiger partial charge < -0.3 is 15.0 Å². The third-order valence-corrected chi connectivity index (χ3v) is 6.52. The molecule has 36 heavy (non-hydrogen) atoms. The van der Waals surface area contributed by atoms with Gasteiger partial charge in [0.05, 0.1) is 10.0 Å². The van der Waals surface area contributed by atoms with Gasteiger partial charge in [-0.3, -0.25) is 9.59 Å². The number of hydrogen-bond donors (Lipinski definition) is 1. The Morgan fingerprint density at radius 2 is 1.67 bits per heavy atom. The van der Waals surface area contributed by atoms with Crippen molar-refractivity contribution in [2.45, 2.75) is 45.3 Å². The first kappa shape index (κ1) is 27.5. The smallest absolute Gasteiger partial charge is 0.261 e. The van der Waals surface area contributed by atoms with E-state index in [1.54, 1.807) is 18.2 Å². The second kappa shape index (κ2) is 13.3. The van der Waals surface area contributed by atoms with Crippen LogP contribution in [0.2, 0.25) is 10.0 Å². The molecule has 2 amide bonds. The molecule has 2 atom stereocenters. The highest BCUT2D eigenvalue weighted by atomic mass is 35.5. The molecule has 3 aromatic rings. The Labute approximate surface area is 221 Å². The fourth-order valence-electron chi connectivity index (χ4n) is 3.59. The van der Waals surface area contributed by atoms with E-state index in [2.05, 4.69) is 5.32 Å². The highest BCUT2D eigenvalue weighted by molar-refractivity contribution is 6.42. The zero-order valence-electron chi connectivity index (χ0n) is 20.2. The number of amides is 2. The van der Waals surface area contributed by atoms with Crippen molar-refractivity contribution in [1.82, 2.24) is 10.2 Å². The number of hydrogen-bond acceptors (Lipinski definition) is 3. The number of carbonyl (C=O) groups excluding carboxylic acids is 2. The molecule has 3 aromatic carbocycles. The van der Waals surface area contributed by atoms with Gasteiger partial charge in [-0.25, -0.2) is 4.39 Å². The van der Waals surface area contributed by atoms with Gasteiger partial charge in [0.15, 0.2) is 6.61 Å². The molecule has 0 saturated heterocycles. The highest BCUT2D eigenvalue weighted by Crippen LogP contribution is 2.24. The lowest BCUT2D eigenvalue weighted by Crippen LogP contribution is -2.53. The Bertz CT molecular complexity index is 1160. The van der Waals surface area contributed by atoms with Crippen molar-refractivity contribution in [3.8, 4) is 5.75 Å². The number of rotatable bonds is 11. The van der Waals surface area contributed by atoms with Crippen molar-refractivity contribution >= 4 is 35.0 Å². The summed E-state index contributed by atoms with van der Waals surface area (Å²) in [6.45, 7) is 3.69. The lowest BCUT2D eigenvalue weighted by Gasteiger charge is -2.32. The standard InChI is InChI=1S/C28H29Cl2FN2O3/c1-3-19(2)32-28(35)26(16-20-7-5-4-6-8-20)33(17-21-9-14-24(29)25(30)15-21)27(34)18-36-23-12-10-22(31)11-13-23/h4-15,19,26H,3,16-18H2,1-2H3,(H,32,35)/t19-,26-/m0/s1. The van der Waals surface area contributed by atoms with E-state index in [0.29, 0.717) is 27.8 Å². The molecule has 190 valence electrons. The quantitative estimate of drug-likeness (QED) is 0.327. The Morgan fingerprint density at radius 3 is 2.31 bits per heavy atom. The van der Waals surface area contributed by atoms with E-state index in [0.717, 1.165) is 12.0 Å². The van der Waals surface area contributed by atoms with Crippen LogP contribution in [-0.2, 0) is 22.6 Å². The lowest BCUT2D eigenvalue weighted by atomic mass is 10.0. The van der Waals surface area contributed by atoms with Crippen molar-refractivity contribution in [1.29, 1.82) is 0 Å². The van der Waals surface area contributed by atoms with E-state index in [9.17, 15) is 14.0 Å². The third-order valence-electron chi connectivity index (χ3n) is 5.79. The maximum Gasteiger partial charge on any atom is 0.261 e. The second-order valence-electron chi connectivity index (χ2n) is 8.54. The van der Waals surface area contributed by atoms with Gasteiger partial charge in [-0.05, 0) is 60.9 Å². The predicted octanol–water partition coefficient (Wildman–Crippen LogP) is 6.07. The van der Waals surface area contributed by atoms with Crippen LogP contribution < -0.4 is 10.1 Å². The Kier molecular flexibility index (Phi) is 10.1. The monoisotopic (exact) mass is 530 g/mol. The first-order valence-electron chi connectivity index (χ1n) is 11.7. The minimum atomic E-state index is -0.805. The van der Waals surface area contributed by atoms with E-state index < -0.39 is 17.8 Å². The summed E-state index contributed by atoms with van der Waals surface area (Å²) in [6, 6.07) is 19.1. The van der Waals surface area contributed by atoms with E-state index in [-0.39, 0.29) is 25.1 Å². The summed E-state index contributed by atoms with van der Waals surface area (Å²) in [6.07, 6.45) is 1.06. The summed E-state index contributed by atoms with van der Waals surface area (Å²) in [5.41, 5.74) is 1.63. The third kappa shape index (κ3) is 7.97. The Balaban J connectivity index is 1.92. The summed E-state index contributed by atoms with van der Waals surface area (Å²) in [7, 11) is 0. The molecule has 0 saturated carbocycles. The first-order valence-corrected chi connectivity index (χ1v) is 12.5. The average molecular weight is 531 g/mol. The summed E-state index contributed by atoms with van der Waals surface area (Å²) >= 11 is 12.3. The van der Waals surface area contributed by atoms with Crippen LogP contribution in [0.25, 0.3) is 0 Å². The molecular formula is C28H29Cl2FN2O3. The zero-order chi connectivity index (χ0) is 26.1. The predicted molar refractivity (Wildman–Crippen MR) is 141 cm³/mol. The van der Waals surface area contributed by atoms with Gasteiger partial charge in [-0.2, -0.15) is 0 Å². The molecule has 0 aliphatic carbocycles. The summed E-state index contributed by atoms with van der Waals surface area (Å²) in [5, 5.41) is 3.76. The normalized spacial score (nSPS) is 12.5. The zero-order valence-corrected chi connectivity index (χ0v) is 21.7. The molecule has 0 unspecified atom stereocenters. The minimum Gasteiger partial charge on any atom is -0.484 e. The summed E-state index contributed by atoms with van der Waals surface area (Å²) in [5.74, 6) is -0.712. The van der Waals surface area contributed by atoms with Crippen molar-refractivity contribution in [2.24, 2.45) is 0 Å². The van der Waals surface area contributed by atoms with Crippen molar-refractivity contribution in [3.63, 3.8) is 0 Å². The molecule has 0 aliphatic rings. The maximum atomic E-state index is 13.5. The molecule has 0 heterocycles. The number of nitrogens with one attached hydrogen (secondary N) is 1. The van der Waals surface area contributed by atoms with E-state index in [4.69, 9.17) is 27.9 Å². The van der Waals surface area contributed by atoms with Crippen molar-refractivity contribution < 1.29 is 18.7 Å². The van der Waals surface area contributed by atoms with Crippen LogP contribution in [0, 0.1) is 5.82 Å². The van der Waals surface area contributed by atoms with E-state index in [1.165, 1.54) is 29.2 Å². The topological polar surface area (TPSA) is 58.6 Å². The Morgan fingerprint density at radius 1 is 0.972 bits per heavy atom. The number of carbonyl (C=O) groups is 2. The van der Waals surface area contributed by atoms with Gasteiger partial charge in [0, 0.05) is 19.0 Å². The van der Waals surface area contributed by atoms with Gasteiger partial charge in [-0.1, -0.05) is 66.5 Å². The largest absolute Gasteiger partial charge is 0.484 e. The molecule has 0 radical (unpaired) electrons. The van der Waals surface area contributed by atoms with Crippen LogP contribution in [0.3, 0.4) is 0 Å². The van der Waals surface area contributed by atoms with Gasteiger partial charge in [0.25, 0.3) is 5.91 Å². The van der Waals surface area contributed by atoms with Crippen molar-refractivity contribution in [2.75, 3.05) is 6.61 Å². The van der Waals surface area contributed by atoms with E-state index >= 15 is 0 Å². The van der Waals surface area contributed by atoms with Gasteiger partial charge >= 0.3 is 0 Å². The second-order valence-corrected chi connectivity index (χ2v) is 9.35. The summed E-state index contributed by atoms with van der Waals surface area (Å²) in [4.78, 5) is 28.5. The number of halogens is 3. The molecular weight excluding hydrogens is 502 g/mol. The summed E-state index contributed by atoms with van der Waals surface area (Å²) < 4.78 is 18.9. The number of nitrogens with zero attached hydrogens (tertiary/aromatic N) is 1. The lowest BCUT2D eigenvalue weighted by molar-refractivity contribution is -0.143. The fourth-order valence-corrected chi connectivity index (χ4v) is 3.91. The van der Waals surface area contributed by atoms with Crippen LogP contribution in [-0.4, -0.2) is 35.4 Å². The van der Waals surface area contributed by atoms with Crippen LogP contribution in [0.1, 0.15) is 31.4 Å². The van der Waals surface area contributed by atoms with Crippen LogP contribution >= 0.6 is 23.2 Å². The SMILES string of the molecule is CC[C@H](C)NC(=O)[C@H](Cc1ccccc1)N(Cc1ccc(Cl)c(Cl)c1)C(=O)COc1ccc(F)cc1. The van der Waals surface area contributed by atoms with Crippen LogP contribution in [0.4, 0.5) is 4.39 Å². The molecule has 1 N–H and O–H groups in total.